The number of esters is 1. The molecule has 0 fully saturated rings. The first-order valence-corrected chi connectivity index (χ1v) is 6.01. The molecule has 0 radical (unpaired) electrons. The average molecular weight is 243 g/mol. The number of hydrogen-bond acceptors (Lipinski definition) is 5. The van der Waals surface area contributed by atoms with E-state index in [1.165, 1.54) is 11.3 Å². The number of methoxy groups -OCH3 is 1. The van der Waals surface area contributed by atoms with E-state index < -0.39 is 5.41 Å². The monoisotopic (exact) mass is 243 g/mol. The van der Waals surface area contributed by atoms with Crippen LogP contribution in [0.3, 0.4) is 0 Å². The second kappa shape index (κ2) is 5.41. The smallest absolute Gasteiger partial charge is 0.317 e. The van der Waals surface area contributed by atoms with Gasteiger partial charge in [-0.3, -0.25) is 4.79 Å². The lowest BCUT2D eigenvalue weighted by Gasteiger charge is -2.19. The van der Waals surface area contributed by atoms with Gasteiger partial charge in [-0.05, 0) is 20.8 Å². The molecule has 5 heteroatoms. The number of rotatable bonds is 5. The molecule has 0 aliphatic rings. The first-order valence-electron chi connectivity index (χ1n) is 5.13. The largest absolute Gasteiger partial charge is 0.465 e. The molecule has 90 valence electrons. The van der Waals surface area contributed by atoms with E-state index in [4.69, 9.17) is 9.47 Å². The molecule has 0 aliphatic heterocycles. The lowest BCUT2D eigenvalue weighted by Crippen LogP contribution is -2.31. The van der Waals surface area contributed by atoms with Crippen molar-refractivity contribution in [3.05, 3.63) is 16.1 Å². The molecular formula is C11H17NO3S. The zero-order chi connectivity index (χ0) is 12.2. The molecular weight excluding hydrogens is 226 g/mol. The van der Waals surface area contributed by atoms with Gasteiger partial charge in [0.1, 0.15) is 10.4 Å². The van der Waals surface area contributed by atoms with Crippen molar-refractivity contribution in [2.45, 2.75) is 32.8 Å². The summed E-state index contributed by atoms with van der Waals surface area (Å²) in [4.78, 5) is 16.1. The molecule has 1 aromatic heterocycles. The minimum atomic E-state index is -0.696. The molecule has 1 rings (SSSR count). The number of carbonyl (C=O) groups is 1. The number of thiazole rings is 1. The third kappa shape index (κ3) is 2.80. The van der Waals surface area contributed by atoms with E-state index in [-0.39, 0.29) is 5.97 Å². The van der Waals surface area contributed by atoms with Crippen molar-refractivity contribution in [2.75, 3.05) is 13.7 Å². The maximum atomic E-state index is 11.7. The third-order valence-corrected chi connectivity index (χ3v) is 3.07. The van der Waals surface area contributed by atoms with E-state index in [2.05, 4.69) is 4.98 Å². The minimum absolute atomic E-state index is 0.246. The van der Waals surface area contributed by atoms with Crippen LogP contribution >= 0.6 is 11.3 Å². The normalized spacial score (nSPS) is 11.5. The Balaban J connectivity index is 2.84. The van der Waals surface area contributed by atoms with Crippen LogP contribution < -0.4 is 0 Å². The molecule has 0 aromatic carbocycles. The van der Waals surface area contributed by atoms with Gasteiger partial charge in [-0.2, -0.15) is 0 Å². The number of hydrogen-bond donors (Lipinski definition) is 0. The highest BCUT2D eigenvalue weighted by atomic mass is 32.1. The van der Waals surface area contributed by atoms with E-state index >= 15 is 0 Å². The SMILES string of the molecule is CCOC(=O)C(C)(C)c1csc(COC)n1. The highest BCUT2D eigenvalue weighted by molar-refractivity contribution is 7.09. The van der Waals surface area contributed by atoms with E-state index in [0.717, 1.165) is 10.7 Å². The van der Waals surface area contributed by atoms with Gasteiger partial charge in [0.15, 0.2) is 0 Å². The molecule has 0 bridgehead atoms. The van der Waals surface area contributed by atoms with Crippen molar-refractivity contribution in [1.82, 2.24) is 4.98 Å². The van der Waals surface area contributed by atoms with E-state index in [1.54, 1.807) is 14.0 Å². The predicted octanol–water partition coefficient (Wildman–Crippen LogP) is 2.13. The van der Waals surface area contributed by atoms with Gasteiger partial charge in [0.2, 0.25) is 0 Å². The van der Waals surface area contributed by atoms with Crippen molar-refractivity contribution in [2.24, 2.45) is 0 Å². The van der Waals surface area contributed by atoms with Gasteiger partial charge in [-0.25, -0.2) is 4.98 Å². The van der Waals surface area contributed by atoms with Crippen molar-refractivity contribution in [1.29, 1.82) is 0 Å². The van der Waals surface area contributed by atoms with Crippen LogP contribution in [0.4, 0.5) is 0 Å². The maximum absolute atomic E-state index is 11.7. The second-order valence-electron chi connectivity index (χ2n) is 3.90. The van der Waals surface area contributed by atoms with Gasteiger partial charge in [0.05, 0.1) is 18.9 Å². The summed E-state index contributed by atoms with van der Waals surface area (Å²) < 4.78 is 10.0. The van der Waals surface area contributed by atoms with Crippen molar-refractivity contribution in [3.8, 4) is 0 Å². The van der Waals surface area contributed by atoms with E-state index in [0.29, 0.717) is 13.2 Å². The van der Waals surface area contributed by atoms with Crippen molar-refractivity contribution < 1.29 is 14.3 Å². The maximum Gasteiger partial charge on any atom is 0.317 e. The first-order chi connectivity index (χ1) is 7.52. The molecule has 16 heavy (non-hydrogen) atoms. The Morgan fingerprint density at radius 3 is 2.81 bits per heavy atom. The van der Waals surface area contributed by atoms with E-state index in [9.17, 15) is 4.79 Å². The fraction of sp³-hybridized carbons (Fsp3) is 0.636. The molecule has 0 aliphatic carbocycles. The summed E-state index contributed by atoms with van der Waals surface area (Å²) in [5.74, 6) is -0.246. The Morgan fingerprint density at radius 2 is 2.25 bits per heavy atom. The topological polar surface area (TPSA) is 48.4 Å². The Labute approximate surface area is 99.6 Å². The van der Waals surface area contributed by atoms with Crippen LogP contribution in [0.15, 0.2) is 5.38 Å². The first kappa shape index (κ1) is 13.1. The van der Waals surface area contributed by atoms with Crippen molar-refractivity contribution >= 4 is 17.3 Å². The van der Waals surface area contributed by atoms with Crippen LogP contribution in [0.5, 0.6) is 0 Å². The average Bonchev–Trinajstić information content (AvgIpc) is 2.68. The predicted molar refractivity (Wildman–Crippen MR) is 62.5 cm³/mol. The Morgan fingerprint density at radius 1 is 1.56 bits per heavy atom. The van der Waals surface area contributed by atoms with E-state index in [1.807, 2.05) is 19.2 Å². The Kier molecular flexibility index (Phi) is 4.44. The quantitative estimate of drug-likeness (QED) is 0.743. The number of ether oxygens (including phenoxy) is 2. The summed E-state index contributed by atoms with van der Waals surface area (Å²) in [7, 11) is 1.62. The lowest BCUT2D eigenvalue weighted by atomic mass is 9.90. The van der Waals surface area contributed by atoms with Crippen LogP contribution in [-0.2, 0) is 26.3 Å². The molecule has 0 atom stereocenters. The standard InChI is InChI=1S/C11H17NO3S/c1-5-15-10(13)11(2,3)8-7-16-9(12-8)6-14-4/h7H,5-6H2,1-4H3. The van der Waals surface area contributed by atoms with Crippen LogP contribution in [0, 0.1) is 0 Å². The number of nitrogens with zero attached hydrogens (tertiary/aromatic N) is 1. The third-order valence-electron chi connectivity index (χ3n) is 2.25. The van der Waals surface area contributed by atoms with Gasteiger partial charge in [-0.1, -0.05) is 0 Å². The fourth-order valence-corrected chi connectivity index (χ4v) is 2.14. The van der Waals surface area contributed by atoms with Gasteiger partial charge in [0.25, 0.3) is 0 Å². The van der Waals surface area contributed by atoms with Crippen LogP contribution in [0.1, 0.15) is 31.5 Å². The summed E-state index contributed by atoms with van der Waals surface area (Å²) in [5, 5.41) is 2.75. The molecule has 1 heterocycles. The summed E-state index contributed by atoms with van der Waals surface area (Å²) >= 11 is 1.49. The molecule has 1 aromatic rings. The zero-order valence-corrected chi connectivity index (χ0v) is 10.9. The lowest BCUT2D eigenvalue weighted by molar-refractivity contribution is -0.148. The molecule has 0 N–H and O–H groups in total. The van der Waals surface area contributed by atoms with Gasteiger partial charge in [-0.15, -0.1) is 11.3 Å². The summed E-state index contributed by atoms with van der Waals surface area (Å²) in [6, 6.07) is 0. The number of carbonyl (C=O) groups excluding carboxylic acids is 1. The number of aromatic nitrogens is 1. The van der Waals surface area contributed by atoms with Crippen LogP contribution in [0.25, 0.3) is 0 Å². The molecule has 0 saturated carbocycles. The fourth-order valence-electron chi connectivity index (χ4n) is 1.20. The molecule has 0 saturated heterocycles. The Bertz CT molecular complexity index is 360. The highest BCUT2D eigenvalue weighted by Crippen LogP contribution is 2.26. The van der Waals surface area contributed by atoms with Crippen LogP contribution in [-0.4, -0.2) is 24.7 Å². The zero-order valence-electron chi connectivity index (χ0n) is 10.1. The van der Waals surface area contributed by atoms with Gasteiger partial charge >= 0.3 is 5.97 Å². The van der Waals surface area contributed by atoms with Gasteiger partial charge in [0, 0.05) is 12.5 Å². The molecule has 0 amide bonds. The Hall–Kier alpha value is -0.940. The minimum Gasteiger partial charge on any atom is -0.465 e. The summed E-state index contributed by atoms with van der Waals surface area (Å²) in [5.41, 5.74) is 0.0430. The van der Waals surface area contributed by atoms with Gasteiger partial charge < -0.3 is 9.47 Å². The second-order valence-corrected chi connectivity index (χ2v) is 4.85. The highest BCUT2D eigenvalue weighted by Gasteiger charge is 2.33. The molecule has 0 spiro atoms. The molecule has 4 nitrogen and oxygen atoms in total. The van der Waals surface area contributed by atoms with Crippen LogP contribution in [0.2, 0.25) is 0 Å². The summed E-state index contributed by atoms with van der Waals surface area (Å²) in [6.07, 6.45) is 0. The van der Waals surface area contributed by atoms with Crippen molar-refractivity contribution in [3.63, 3.8) is 0 Å². The summed E-state index contributed by atoms with van der Waals surface area (Å²) in [6.45, 7) is 6.29. The molecule has 0 unspecified atom stereocenters.